The molecule has 6 nitrogen and oxygen atoms in total. The first kappa shape index (κ1) is 18.7. The molecule has 0 bridgehead atoms. The van der Waals surface area contributed by atoms with Crippen molar-refractivity contribution in [2.24, 2.45) is 5.92 Å². The largest absolute Gasteiger partial charge is 0.405 e. The van der Waals surface area contributed by atoms with E-state index in [0.717, 1.165) is 12.8 Å². The molecule has 9 heteroatoms. The normalized spacial score (nSPS) is 26.9. The van der Waals surface area contributed by atoms with Gasteiger partial charge >= 0.3 is 6.18 Å². The standard InChI is InChI=1S/C15H21F3N2O4/c16-15(17,18)8-19-13(22)6-10-3-4-11(12(7-21)24-10)20-14(23)5-9-1-2-9/h3-4,9-12,21H,1-2,5-8H2,(H,19,22)(H,20,23)/t10-,11-,12-/m0/s1. The van der Waals surface area contributed by atoms with Gasteiger partial charge in [0.1, 0.15) is 12.6 Å². The summed E-state index contributed by atoms with van der Waals surface area (Å²) < 4.78 is 41.6. The number of ether oxygens (including phenoxy) is 1. The Bertz CT molecular complexity index is 492. The quantitative estimate of drug-likeness (QED) is 0.589. The summed E-state index contributed by atoms with van der Waals surface area (Å²) in [4.78, 5) is 23.3. The molecule has 0 saturated heterocycles. The Morgan fingerprint density at radius 2 is 1.88 bits per heavy atom. The van der Waals surface area contributed by atoms with Gasteiger partial charge in [0.2, 0.25) is 11.8 Å². The topological polar surface area (TPSA) is 87.7 Å². The fraction of sp³-hybridized carbons (Fsp3) is 0.733. The van der Waals surface area contributed by atoms with Crippen LogP contribution in [0.25, 0.3) is 0 Å². The minimum absolute atomic E-state index is 0.129. The van der Waals surface area contributed by atoms with Crippen molar-refractivity contribution in [3.63, 3.8) is 0 Å². The maximum Gasteiger partial charge on any atom is 0.405 e. The molecule has 2 rings (SSSR count). The number of hydrogen-bond acceptors (Lipinski definition) is 4. The van der Waals surface area contributed by atoms with Gasteiger partial charge in [-0.1, -0.05) is 12.2 Å². The summed E-state index contributed by atoms with van der Waals surface area (Å²) in [5.41, 5.74) is 0. The van der Waals surface area contributed by atoms with Crippen molar-refractivity contribution in [3.8, 4) is 0 Å². The summed E-state index contributed by atoms with van der Waals surface area (Å²) in [5.74, 6) is -0.499. The van der Waals surface area contributed by atoms with E-state index in [1.807, 2.05) is 0 Å². The zero-order chi connectivity index (χ0) is 17.7. The van der Waals surface area contributed by atoms with E-state index < -0.39 is 36.9 Å². The third-order valence-corrected chi connectivity index (χ3v) is 3.83. The molecule has 0 aromatic carbocycles. The van der Waals surface area contributed by atoms with Crippen molar-refractivity contribution < 1.29 is 32.6 Å². The van der Waals surface area contributed by atoms with Crippen LogP contribution in [0.4, 0.5) is 13.2 Å². The molecule has 2 amide bonds. The van der Waals surface area contributed by atoms with Crippen LogP contribution in [-0.4, -0.2) is 54.5 Å². The number of aliphatic hydroxyl groups excluding tert-OH is 1. The Hall–Kier alpha value is -1.61. The predicted molar refractivity (Wildman–Crippen MR) is 77.8 cm³/mol. The van der Waals surface area contributed by atoms with Crippen LogP contribution >= 0.6 is 0 Å². The van der Waals surface area contributed by atoms with E-state index in [1.54, 1.807) is 11.4 Å². The summed E-state index contributed by atoms with van der Waals surface area (Å²) in [6, 6.07) is -0.518. The van der Waals surface area contributed by atoms with E-state index in [2.05, 4.69) is 5.32 Å². The maximum absolute atomic E-state index is 12.0. The second-order valence-corrected chi connectivity index (χ2v) is 6.12. The van der Waals surface area contributed by atoms with E-state index in [-0.39, 0.29) is 18.9 Å². The summed E-state index contributed by atoms with van der Waals surface area (Å²) >= 11 is 0. The van der Waals surface area contributed by atoms with Crippen molar-refractivity contribution in [2.45, 2.75) is 50.1 Å². The highest BCUT2D eigenvalue weighted by Crippen LogP contribution is 2.32. The van der Waals surface area contributed by atoms with Crippen LogP contribution < -0.4 is 10.6 Å². The van der Waals surface area contributed by atoms with Crippen molar-refractivity contribution in [1.29, 1.82) is 0 Å². The molecule has 24 heavy (non-hydrogen) atoms. The van der Waals surface area contributed by atoms with Gasteiger partial charge in [-0.3, -0.25) is 9.59 Å². The molecule has 1 saturated carbocycles. The van der Waals surface area contributed by atoms with E-state index >= 15 is 0 Å². The molecule has 1 heterocycles. The highest BCUT2D eigenvalue weighted by atomic mass is 19.4. The molecule has 1 aliphatic carbocycles. The Balaban J connectivity index is 1.80. The zero-order valence-electron chi connectivity index (χ0n) is 13.0. The number of carbonyl (C=O) groups is 2. The summed E-state index contributed by atoms with van der Waals surface area (Å²) in [5, 5.41) is 13.9. The monoisotopic (exact) mass is 350 g/mol. The van der Waals surface area contributed by atoms with E-state index in [1.165, 1.54) is 6.08 Å². The summed E-state index contributed by atoms with van der Waals surface area (Å²) in [7, 11) is 0. The van der Waals surface area contributed by atoms with Gasteiger partial charge in [-0.25, -0.2) is 0 Å². The van der Waals surface area contributed by atoms with Crippen LogP contribution in [0.5, 0.6) is 0 Å². The Kier molecular flexibility index (Phi) is 6.22. The smallest absolute Gasteiger partial charge is 0.394 e. The third-order valence-electron chi connectivity index (χ3n) is 3.83. The number of rotatable bonds is 7. The Labute approximate surface area is 137 Å². The number of aliphatic hydroxyl groups is 1. The molecule has 0 unspecified atom stereocenters. The first-order valence-corrected chi connectivity index (χ1v) is 7.84. The van der Waals surface area contributed by atoms with Gasteiger partial charge in [-0.15, -0.1) is 0 Å². The average Bonchev–Trinajstić information content (AvgIpc) is 3.30. The fourth-order valence-electron chi connectivity index (χ4n) is 2.42. The van der Waals surface area contributed by atoms with Crippen molar-refractivity contribution in [3.05, 3.63) is 12.2 Å². The van der Waals surface area contributed by atoms with Gasteiger partial charge in [-0.2, -0.15) is 13.2 Å². The Morgan fingerprint density at radius 1 is 1.17 bits per heavy atom. The predicted octanol–water partition coefficient (Wildman–Crippen LogP) is 0.656. The van der Waals surface area contributed by atoms with Gasteiger partial charge in [-0.05, 0) is 18.8 Å². The van der Waals surface area contributed by atoms with Crippen LogP contribution in [0.15, 0.2) is 12.2 Å². The molecule has 0 aromatic rings. The minimum atomic E-state index is -4.47. The highest BCUT2D eigenvalue weighted by molar-refractivity contribution is 5.77. The van der Waals surface area contributed by atoms with Crippen LogP contribution in [0.2, 0.25) is 0 Å². The number of nitrogens with one attached hydrogen (secondary N) is 2. The molecular formula is C15H21F3N2O4. The molecular weight excluding hydrogens is 329 g/mol. The van der Waals surface area contributed by atoms with Crippen LogP contribution in [0.3, 0.4) is 0 Å². The molecule has 3 atom stereocenters. The van der Waals surface area contributed by atoms with Crippen molar-refractivity contribution in [1.82, 2.24) is 10.6 Å². The van der Waals surface area contributed by atoms with E-state index in [4.69, 9.17) is 4.74 Å². The van der Waals surface area contributed by atoms with Gasteiger partial charge < -0.3 is 20.5 Å². The van der Waals surface area contributed by atoms with E-state index in [9.17, 15) is 27.9 Å². The third kappa shape index (κ3) is 6.48. The maximum atomic E-state index is 12.0. The second-order valence-electron chi connectivity index (χ2n) is 6.12. The first-order chi connectivity index (χ1) is 11.3. The fourth-order valence-corrected chi connectivity index (χ4v) is 2.42. The van der Waals surface area contributed by atoms with Gasteiger partial charge in [0.15, 0.2) is 0 Å². The molecule has 0 radical (unpaired) electrons. The van der Waals surface area contributed by atoms with Crippen LogP contribution in [-0.2, 0) is 14.3 Å². The number of amides is 2. The molecule has 2 aliphatic rings. The first-order valence-electron chi connectivity index (χ1n) is 7.84. The average molecular weight is 350 g/mol. The lowest BCUT2D eigenvalue weighted by atomic mass is 10.0. The van der Waals surface area contributed by atoms with E-state index in [0.29, 0.717) is 12.3 Å². The summed E-state index contributed by atoms with van der Waals surface area (Å²) in [6.07, 6.45) is -0.587. The summed E-state index contributed by atoms with van der Waals surface area (Å²) in [6.45, 7) is -1.77. The van der Waals surface area contributed by atoms with Crippen LogP contribution in [0, 0.1) is 5.92 Å². The van der Waals surface area contributed by atoms with Crippen molar-refractivity contribution in [2.75, 3.05) is 13.2 Å². The highest BCUT2D eigenvalue weighted by Gasteiger charge is 2.32. The lowest BCUT2D eigenvalue weighted by Crippen LogP contribution is -2.49. The molecule has 1 aliphatic heterocycles. The molecule has 136 valence electrons. The number of carbonyl (C=O) groups excluding carboxylic acids is 2. The van der Waals surface area contributed by atoms with Gasteiger partial charge in [0.05, 0.1) is 25.2 Å². The lowest BCUT2D eigenvalue weighted by molar-refractivity contribution is -0.140. The van der Waals surface area contributed by atoms with Crippen molar-refractivity contribution >= 4 is 11.8 Å². The van der Waals surface area contributed by atoms with Gasteiger partial charge in [0.25, 0.3) is 0 Å². The number of hydrogen-bond donors (Lipinski definition) is 3. The molecule has 1 fully saturated rings. The molecule has 3 N–H and O–H groups in total. The molecule has 0 aromatic heterocycles. The number of halogens is 3. The minimum Gasteiger partial charge on any atom is -0.394 e. The molecule has 0 spiro atoms. The second kappa shape index (κ2) is 7.98. The SMILES string of the molecule is O=C(C[C@@H]1C=C[C@H](NC(=O)CC2CC2)[C@H](CO)O1)NCC(F)(F)F. The zero-order valence-corrected chi connectivity index (χ0v) is 13.0. The Morgan fingerprint density at radius 3 is 2.46 bits per heavy atom. The lowest BCUT2D eigenvalue weighted by Gasteiger charge is -2.31. The van der Waals surface area contributed by atoms with Gasteiger partial charge in [0, 0.05) is 6.42 Å². The number of alkyl halides is 3. The van der Waals surface area contributed by atoms with Crippen LogP contribution in [0.1, 0.15) is 25.7 Å².